The van der Waals surface area contributed by atoms with Gasteiger partial charge in [0.25, 0.3) is 0 Å². The Bertz CT molecular complexity index is 256. The van der Waals surface area contributed by atoms with E-state index in [4.69, 9.17) is 0 Å². The van der Waals surface area contributed by atoms with Crippen LogP contribution in [0.3, 0.4) is 0 Å². The fourth-order valence-electron chi connectivity index (χ4n) is 1.26. The van der Waals surface area contributed by atoms with E-state index in [9.17, 15) is 0 Å². The molecule has 1 nitrogen and oxygen atoms in total. The normalized spacial score (nSPS) is 18.1. The van der Waals surface area contributed by atoms with Crippen molar-refractivity contribution in [2.24, 2.45) is 16.3 Å². The second-order valence-corrected chi connectivity index (χ2v) is 6.26. The van der Waals surface area contributed by atoms with Gasteiger partial charge in [0.15, 0.2) is 0 Å². The Morgan fingerprint density at radius 3 is 2.43 bits per heavy atom. The molecule has 0 atom stereocenters. The molecule has 0 fully saturated rings. The molecule has 0 aromatic heterocycles. The molecule has 1 rings (SSSR count). The third-order valence-electron chi connectivity index (χ3n) is 2.31. The summed E-state index contributed by atoms with van der Waals surface area (Å²) in [5.74, 6) is 0.714. The third-order valence-corrected chi connectivity index (χ3v) is 3.28. The standard InChI is InChI=1S/C12H21NS/c1-9(2)6-11-13-7-10(8-14-11)12(3,4)5/h8-9H,6-7H2,1-5H3. The summed E-state index contributed by atoms with van der Waals surface area (Å²) in [6.45, 7) is 12.1. The Hall–Kier alpha value is -0.240. The highest BCUT2D eigenvalue weighted by atomic mass is 32.2. The molecule has 1 heterocycles. The molecule has 0 bridgehead atoms. The van der Waals surface area contributed by atoms with E-state index in [1.165, 1.54) is 10.6 Å². The zero-order valence-corrected chi connectivity index (χ0v) is 10.7. The molecule has 0 N–H and O–H groups in total. The highest BCUT2D eigenvalue weighted by Gasteiger charge is 2.19. The SMILES string of the molecule is CC(C)CC1=NCC(C(C)(C)C)=CS1. The van der Waals surface area contributed by atoms with Crippen molar-refractivity contribution in [1.82, 2.24) is 0 Å². The molecule has 0 aliphatic carbocycles. The van der Waals surface area contributed by atoms with Crippen LogP contribution < -0.4 is 0 Å². The average Bonchev–Trinajstić information content (AvgIpc) is 2.02. The topological polar surface area (TPSA) is 12.4 Å². The van der Waals surface area contributed by atoms with Crippen molar-refractivity contribution in [2.45, 2.75) is 41.0 Å². The van der Waals surface area contributed by atoms with Gasteiger partial charge in [0.1, 0.15) is 0 Å². The van der Waals surface area contributed by atoms with E-state index < -0.39 is 0 Å². The van der Waals surface area contributed by atoms with Crippen LogP contribution in [0.1, 0.15) is 41.0 Å². The molecule has 80 valence electrons. The summed E-state index contributed by atoms with van der Waals surface area (Å²) in [5, 5.41) is 3.60. The zero-order valence-electron chi connectivity index (χ0n) is 9.92. The van der Waals surface area contributed by atoms with Crippen molar-refractivity contribution >= 4 is 16.8 Å². The molecule has 0 amide bonds. The van der Waals surface area contributed by atoms with Crippen LogP contribution in [0.4, 0.5) is 0 Å². The highest BCUT2D eigenvalue weighted by Crippen LogP contribution is 2.32. The summed E-state index contributed by atoms with van der Waals surface area (Å²) in [5.41, 5.74) is 1.73. The lowest BCUT2D eigenvalue weighted by molar-refractivity contribution is 0.496. The van der Waals surface area contributed by atoms with Crippen molar-refractivity contribution in [3.05, 3.63) is 11.0 Å². The van der Waals surface area contributed by atoms with Crippen molar-refractivity contribution in [1.29, 1.82) is 0 Å². The van der Waals surface area contributed by atoms with Gasteiger partial charge in [0.05, 0.1) is 11.6 Å². The molecule has 0 spiro atoms. The number of thioether (sulfide) groups is 1. The molecule has 0 aromatic carbocycles. The zero-order chi connectivity index (χ0) is 10.8. The number of rotatable bonds is 2. The summed E-state index contributed by atoms with van der Waals surface area (Å²) in [6.07, 6.45) is 1.12. The van der Waals surface area contributed by atoms with Gasteiger partial charge in [-0.15, -0.1) is 0 Å². The Kier molecular flexibility index (Phi) is 3.82. The Morgan fingerprint density at radius 2 is 2.07 bits per heavy atom. The fraction of sp³-hybridized carbons (Fsp3) is 0.750. The lowest BCUT2D eigenvalue weighted by Crippen LogP contribution is -2.15. The first-order valence-electron chi connectivity index (χ1n) is 5.29. The van der Waals surface area contributed by atoms with Crippen molar-refractivity contribution in [3.8, 4) is 0 Å². The fourth-order valence-corrected chi connectivity index (χ4v) is 2.54. The second-order valence-electron chi connectivity index (χ2n) is 5.32. The minimum Gasteiger partial charge on any atom is -0.278 e. The molecular weight excluding hydrogens is 190 g/mol. The van der Waals surface area contributed by atoms with E-state index in [0.29, 0.717) is 5.92 Å². The Balaban J connectivity index is 2.53. The lowest BCUT2D eigenvalue weighted by Gasteiger charge is -2.24. The first kappa shape index (κ1) is 11.8. The van der Waals surface area contributed by atoms with Gasteiger partial charge < -0.3 is 0 Å². The smallest absolute Gasteiger partial charge is 0.0724 e. The van der Waals surface area contributed by atoms with E-state index in [-0.39, 0.29) is 5.41 Å². The maximum absolute atomic E-state index is 4.63. The molecule has 2 heteroatoms. The minimum absolute atomic E-state index is 0.278. The minimum atomic E-state index is 0.278. The van der Waals surface area contributed by atoms with Gasteiger partial charge in [-0.05, 0) is 28.7 Å². The Morgan fingerprint density at radius 1 is 1.43 bits per heavy atom. The quantitative estimate of drug-likeness (QED) is 0.669. The van der Waals surface area contributed by atoms with Crippen molar-refractivity contribution in [2.75, 3.05) is 6.54 Å². The molecule has 0 unspecified atom stereocenters. The van der Waals surface area contributed by atoms with Crippen LogP contribution in [-0.4, -0.2) is 11.6 Å². The van der Waals surface area contributed by atoms with Gasteiger partial charge in [-0.2, -0.15) is 0 Å². The van der Waals surface area contributed by atoms with Crippen LogP contribution in [0.5, 0.6) is 0 Å². The number of aliphatic imine (C=N–C) groups is 1. The molecular formula is C12H21NS. The predicted molar refractivity (Wildman–Crippen MR) is 66.9 cm³/mol. The third kappa shape index (κ3) is 3.49. The molecule has 0 saturated carbocycles. The molecule has 0 saturated heterocycles. The van der Waals surface area contributed by atoms with Crippen LogP contribution >= 0.6 is 11.8 Å². The van der Waals surface area contributed by atoms with E-state index in [2.05, 4.69) is 45.0 Å². The average molecular weight is 211 g/mol. The van der Waals surface area contributed by atoms with Crippen LogP contribution in [0.2, 0.25) is 0 Å². The maximum atomic E-state index is 4.63. The van der Waals surface area contributed by atoms with Crippen LogP contribution in [0.25, 0.3) is 0 Å². The highest BCUT2D eigenvalue weighted by molar-refractivity contribution is 8.16. The van der Waals surface area contributed by atoms with Crippen molar-refractivity contribution in [3.63, 3.8) is 0 Å². The second kappa shape index (κ2) is 4.52. The van der Waals surface area contributed by atoms with Gasteiger partial charge in [-0.25, -0.2) is 0 Å². The van der Waals surface area contributed by atoms with Gasteiger partial charge in [-0.1, -0.05) is 46.4 Å². The van der Waals surface area contributed by atoms with E-state index >= 15 is 0 Å². The molecule has 1 aliphatic rings. The number of hydrogen-bond acceptors (Lipinski definition) is 2. The van der Waals surface area contributed by atoms with E-state index in [0.717, 1.165) is 13.0 Å². The van der Waals surface area contributed by atoms with E-state index in [1.807, 2.05) is 11.8 Å². The summed E-state index contributed by atoms with van der Waals surface area (Å²) in [4.78, 5) is 4.63. The number of hydrogen-bond donors (Lipinski definition) is 0. The van der Waals surface area contributed by atoms with Crippen LogP contribution in [0.15, 0.2) is 16.0 Å². The molecule has 1 aliphatic heterocycles. The molecule has 0 aromatic rings. The first-order chi connectivity index (χ1) is 6.39. The Labute approximate surface area is 92.1 Å². The van der Waals surface area contributed by atoms with Crippen LogP contribution in [0, 0.1) is 11.3 Å². The van der Waals surface area contributed by atoms with Crippen LogP contribution in [-0.2, 0) is 0 Å². The largest absolute Gasteiger partial charge is 0.278 e. The van der Waals surface area contributed by atoms with Gasteiger partial charge >= 0.3 is 0 Å². The summed E-state index contributed by atoms with van der Waals surface area (Å²) < 4.78 is 0. The molecule has 0 radical (unpaired) electrons. The van der Waals surface area contributed by atoms with Gasteiger partial charge in [0.2, 0.25) is 0 Å². The lowest BCUT2D eigenvalue weighted by atomic mass is 9.87. The summed E-state index contributed by atoms with van der Waals surface area (Å²) in [6, 6.07) is 0. The summed E-state index contributed by atoms with van der Waals surface area (Å²) in [7, 11) is 0. The first-order valence-corrected chi connectivity index (χ1v) is 6.17. The van der Waals surface area contributed by atoms with Gasteiger partial charge in [-0.3, -0.25) is 4.99 Å². The number of nitrogens with zero attached hydrogens (tertiary/aromatic N) is 1. The monoisotopic (exact) mass is 211 g/mol. The molecule has 14 heavy (non-hydrogen) atoms. The van der Waals surface area contributed by atoms with Gasteiger partial charge in [0, 0.05) is 0 Å². The maximum Gasteiger partial charge on any atom is 0.0724 e. The van der Waals surface area contributed by atoms with Crippen molar-refractivity contribution < 1.29 is 0 Å². The summed E-state index contributed by atoms with van der Waals surface area (Å²) >= 11 is 1.81. The predicted octanol–water partition coefficient (Wildman–Crippen LogP) is 4.11. The van der Waals surface area contributed by atoms with E-state index in [1.54, 1.807) is 0 Å².